The number of ether oxygens (including phenoxy) is 2. The zero-order valence-corrected chi connectivity index (χ0v) is 17.9. The van der Waals surface area contributed by atoms with Gasteiger partial charge in [-0.2, -0.15) is 5.10 Å². The van der Waals surface area contributed by atoms with Gasteiger partial charge in [0.2, 0.25) is 0 Å². The van der Waals surface area contributed by atoms with Gasteiger partial charge in [0.15, 0.2) is 18.1 Å². The fourth-order valence-corrected chi connectivity index (χ4v) is 2.52. The van der Waals surface area contributed by atoms with E-state index in [1.165, 1.54) is 13.3 Å². The van der Waals surface area contributed by atoms with Crippen molar-refractivity contribution >= 4 is 41.2 Å². The molecule has 0 atom stereocenters. The Kier molecular flexibility index (Phi) is 9.31. The molecule has 31 heavy (non-hydrogen) atoms. The predicted molar refractivity (Wildman–Crippen MR) is 118 cm³/mol. The van der Waals surface area contributed by atoms with Crippen molar-refractivity contribution < 1.29 is 23.9 Å². The molecule has 10 heteroatoms. The largest absolute Gasteiger partial charge is 0.493 e. The van der Waals surface area contributed by atoms with E-state index in [1.807, 2.05) is 6.92 Å². The van der Waals surface area contributed by atoms with Crippen molar-refractivity contribution in [2.75, 3.05) is 25.6 Å². The highest BCUT2D eigenvalue weighted by Crippen LogP contribution is 2.27. The minimum Gasteiger partial charge on any atom is -0.493 e. The Labute approximate surface area is 184 Å². The van der Waals surface area contributed by atoms with Crippen molar-refractivity contribution in [3.63, 3.8) is 0 Å². The molecule has 2 aromatic carbocycles. The minimum absolute atomic E-state index is 0.237. The van der Waals surface area contributed by atoms with Crippen LogP contribution < -0.4 is 25.5 Å². The summed E-state index contributed by atoms with van der Waals surface area (Å²) in [7, 11) is 1.45. The fourth-order valence-electron chi connectivity index (χ4n) is 2.33. The van der Waals surface area contributed by atoms with Crippen LogP contribution in [0.3, 0.4) is 0 Å². The molecule has 0 aliphatic rings. The summed E-state index contributed by atoms with van der Waals surface area (Å²) in [6, 6.07) is 11.6. The molecule has 0 saturated heterocycles. The number of carbonyl (C=O) groups excluding carboxylic acids is 3. The van der Waals surface area contributed by atoms with Gasteiger partial charge in [0, 0.05) is 17.3 Å². The molecular formula is C21H23ClN4O5. The number of benzene rings is 2. The van der Waals surface area contributed by atoms with E-state index in [4.69, 9.17) is 21.1 Å². The predicted octanol–water partition coefficient (Wildman–Crippen LogP) is 2.34. The number of halogens is 1. The van der Waals surface area contributed by atoms with E-state index in [1.54, 1.807) is 42.5 Å². The van der Waals surface area contributed by atoms with Crippen LogP contribution in [0, 0.1) is 0 Å². The molecule has 0 aromatic heterocycles. The van der Waals surface area contributed by atoms with E-state index in [9.17, 15) is 14.4 Å². The Balaban J connectivity index is 1.91. The van der Waals surface area contributed by atoms with Crippen LogP contribution in [0.25, 0.3) is 0 Å². The zero-order chi connectivity index (χ0) is 22.6. The third kappa shape index (κ3) is 7.98. The quantitative estimate of drug-likeness (QED) is 0.310. The molecular weight excluding hydrogens is 424 g/mol. The van der Waals surface area contributed by atoms with Crippen molar-refractivity contribution in [1.29, 1.82) is 0 Å². The fraction of sp³-hybridized carbons (Fsp3) is 0.238. The third-order valence-corrected chi connectivity index (χ3v) is 4.01. The summed E-state index contributed by atoms with van der Waals surface area (Å²) in [5.41, 5.74) is 3.29. The number of anilines is 1. The van der Waals surface area contributed by atoms with Gasteiger partial charge >= 0.3 is 11.8 Å². The standard InChI is InChI=1S/C21H23ClN4O5/c1-3-9-23-20(28)21(29)26-24-12-14-7-8-17(18(10-14)30-2)31-13-19(27)25-16-6-4-5-15(22)11-16/h4-8,10-12H,3,9,13H2,1-2H3,(H,23,28)(H,25,27)(H,26,29)/b24-12-. The Morgan fingerprint density at radius 1 is 1.10 bits per heavy atom. The highest BCUT2D eigenvalue weighted by atomic mass is 35.5. The number of nitrogens with zero attached hydrogens (tertiary/aromatic N) is 1. The van der Waals surface area contributed by atoms with Gasteiger partial charge < -0.3 is 20.1 Å². The van der Waals surface area contributed by atoms with Crippen LogP contribution in [0.4, 0.5) is 5.69 Å². The van der Waals surface area contributed by atoms with Crippen molar-refractivity contribution in [3.05, 3.63) is 53.1 Å². The highest BCUT2D eigenvalue weighted by molar-refractivity contribution is 6.35. The number of rotatable bonds is 9. The van der Waals surface area contributed by atoms with E-state index in [2.05, 4.69) is 21.2 Å². The smallest absolute Gasteiger partial charge is 0.329 e. The zero-order valence-electron chi connectivity index (χ0n) is 17.1. The first-order valence-electron chi connectivity index (χ1n) is 9.40. The van der Waals surface area contributed by atoms with E-state index in [-0.39, 0.29) is 12.5 Å². The maximum absolute atomic E-state index is 12.1. The first-order chi connectivity index (χ1) is 14.9. The summed E-state index contributed by atoms with van der Waals surface area (Å²) in [6.45, 7) is 2.05. The second-order valence-electron chi connectivity index (χ2n) is 6.21. The molecule has 3 amide bonds. The summed E-state index contributed by atoms with van der Waals surface area (Å²) in [5, 5.41) is 9.38. The molecule has 164 valence electrons. The van der Waals surface area contributed by atoms with Crippen LogP contribution in [0.5, 0.6) is 11.5 Å². The molecule has 2 aromatic rings. The van der Waals surface area contributed by atoms with Crippen molar-refractivity contribution in [2.24, 2.45) is 5.10 Å². The lowest BCUT2D eigenvalue weighted by molar-refractivity contribution is -0.139. The maximum Gasteiger partial charge on any atom is 0.329 e. The van der Waals surface area contributed by atoms with Crippen LogP contribution in [-0.2, 0) is 14.4 Å². The average Bonchev–Trinajstić information content (AvgIpc) is 2.76. The number of carbonyl (C=O) groups is 3. The van der Waals surface area contributed by atoms with Crippen molar-refractivity contribution in [1.82, 2.24) is 10.7 Å². The van der Waals surface area contributed by atoms with Gasteiger partial charge in [-0.25, -0.2) is 5.43 Å². The first-order valence-corrected chi connectivity index (χ1v) is 9.78. The Morgan fingerprint density at radius 3 is 2.61 bits per heavy atom. The summed E-state index contributed by atoms with van der Waals surface area (Å²) >= 11 is 5.89. The van der Waals surface area contributed by atoms with E-state index < -0.39 is 11.8 Å². The molecule has 9 nitrogen and oxygen atoms in total. The number of hydrazone groups is 1. The lowest BCUT2D eigenvalue weighted by Gasteiger charge is -2.11. The normalized spacial score (nSPS) is 10.4. The average molecular weight is 447 g/mol. The van der Waals surface area contributed by atoms with Crippen molar-refractivity contribution in [3.8, 4) is 11.5 Å². The topological polar surface area (TPSA) is 118 Å². The second-order valence-corrected chi connectivity index (χ2v) is 6.65. The Hall–Kier alpha value is -3.59. The molecule has 0 radical (unpaired) electrons. The van der Waals surface area contributed by atoms with Crippen LogP contribution in [0.2, 0.25) is 5.02 Å². The number of hydrogen-bond acceptors (Lipinski definition) is 6. The molecule has 3 N–H and O–H groups in total. The van der Waals surface area contributed by atoms with E-state index in [0.717, 1.165) is 6.42 Å². The molecule has 0 bridgehead atoms. The monoisotopic (exact) mass is 446 g/mol. The number of amides is 3. The number of hydrogen-bond donors (Lipinski definition) is 3. The van der Waals surface area contributed by atoms with Gasteiger partial charge in [-0.05, 0) is 48.4 Å². The number of methoxy groups -OCH3 is 1. The first kappa shape index (κ1) is 23.7. The highest BCUT2D eigenvalue weighted by Gasteiger charge is 2.11. The summed E-state index contributed by atoms with van der Waals surface area (Å²) in [6.07, 6.45) is 2.07. The lowest BCUT2D eigenvalue weighted by atomic mass is 10.2. The van der Waals surface area contributed by atoms with E-state index in [0.29, 0.717) is 34.3 Å². The maximum atomic E-state index is 12.1. The van der Waals surface area contributed by atoms with Gasteiger partial charge in [0.05, 0.1) is 13.3 Å². The SMILES string of the molecule is CCCNC(=O)C(=O)N/N=C\c1ccc(OCC(=O)Nc2cccc(Cl)c2)c(OC)c1. The molecule has 0 saturated carbocycles. The molecule has 0 aliphatic carbocycles. The second kappa shape index (κ2) is 12.2. The Bertz CT molecular complexity index is 965. The Morgan fingerprint density at radius 2 is 1.90 bits per heavy atom. The van der Waals surface area contributed by atoms with Gasteiger partial charge in [-0.15, -0.1) is 0 Å². The van der Waals surface area contributed by atoms with Crippen LogP contribution in [-0.4, -0.2) is 44.2 Å². The molecule has 0 heterocycles. The number of nitrogens with one attached hydrogen (secondary N) is 3. The third-order valence-electron chi connectivity index (χ3n) is 3.78. The van der Waals surface area contributed by atoms with Gasteiger partial charge in [-0.1, -0.05) is 24.6 Å². The lowest BCUT2D eigenvalue weighted by Crippen LogP contribution is -2.38. The van der Waals surface area contributed by atoms with Gasteiger partial charge in [0.25, 0.3) is 5.91 Å². The van der Waals surface area contributed by atoms with Gasteiger partial charge in [-0.3, -0.25) is 14.4 Å². The molecule has 0 aliphatic heterocycles. The van der Waals surface area contributed by atoms with E-state index >= 15 is 0 Å². The summed E-state index contributed by atoms with van der Waals surface area (Å²) in [4.78, 5) is 35.1. The summed E-state index contributed by atoms with van der Waals surface area (Å²) in [5.74, 6) is -1.26. The van der Waals surface area contributed by atoms with Gasteiger partial charge in [0.1, 0.15) is 0 Å². The molecule has 0 fully saturated rings. The molecule has 0 spiro atoms. The summed E-state index contributed by atoms with van der Waals surface area (Å²) < 4.78 is 10.8. The van der Waals surface area contributed by atoms with Crippen molar-refractivity contribution in [2.45, 2.75) is 13.3 Å². The minimum atomic E-state index is -0.859. The molecule has 0 unspecified atom stereocenters. The van der Waals surface area contributed by atoms with Crippen LogP contribution in [0.15, 0.2) is 47.6 Å². The van der Waals surface area contributed by atoms with Crippen LogP contribution in [0.1, 0.15) is 18.9 Å². The molecule has 2 rings (SSSR count). The van der Waals surface area contributed by atoms with Crippen LogP contribution >= 0.6 is 11.6 Å².